The number of rotatable bonds is 6. The summed E-state index contributed by atoms with van der Waals surface area (Å²) in [5.74, 6) is 0. The molecule has 2 N–H and O–H groups in total. The van der Waals surface area contributed by atoms with Crippen molar-refractivity contribution >= 4 is 10.0 Å². The predicted molar refractivity (Wildman–Crippen MR) is 81.2 cm³/mol. The van der Waals surface area contributed by atoms with E-state index in [1.807, 2.05) is 20.0 Å². The summed E-state index contributed by atoms with van der Waals surface area (Å²) in [6.45, 7) is 2.27. The monoisotopic (exact) mass is 308 g/mol. The lowest BCUT2D eigenvalue weighted by Gasteiger charge is -2.18. The molecule has 1 unspecified atom stereocenters. The molecule has 2 rings (SSSR count). The van der Waals surface area contributed by atoms with Gasteiger partial charge in [0.2, 0.25) is 10.0 Å². The van der Waals surface area contributed by atoms with Gasteiger partial charge in [0.05, 0.1) is 11.1 Å². The first kappa shape index (κ1) is 15.7. The van der Waals surface area contributed by atoms with Gasteiger partial charge in [0, 0.05) is 31.4 Å². The van der Waals surface area contributed by atoms with Crippen molar-refractivity contribution in [1.29, 1.82) is 0 Å². The summed E-state index contributed by atoms with van der Waals surface area (Å²) in [5, 5.41) is 9.61. The average molecular weight is 308 g/mol. The van der Waals surface area contributed by atoms with E-state index in [4.69, 9.17) is 0 Å². The summed E-state index contributed by atoms with van der Waals surface area (Å²) in [7, 11) is -0.105. The highest BCUT2D eigenvalue weighted by Crippen LogP contribution is 2.20. The number of aromatic nitrogens is 2. The van der Waals surface area contributed by atoms with Gasteiger partial charge in [-0.05, 0) is 31.7 Å². The van der Waals surface area contributed by atoms with Crippen LogP contribution < -0.4 is 5.32 Å². The Kier molecular flexibility index (Phi) is 4.76. The Morgan fingerprint density at radius 3 is 2.81 bits per heavy atom. The van der Waals surface area contributed by atoms with Gasteiger partial charge in [-0.3, -0.25) is 5.10 Å². The van der Waals surface area contributed by atoms with Crippen LogP contribution in [0.2, 0.25) is 0 Å². The lowest BCUT2D eigenvalue weighted by atomic mass is 10.1. The molecule has 0 bridgehead atoms. The third-order valence-corrected chi connectivity index (χ3v) is 5.26. The van der Waals surface area contributed by atoms with Crippen LogP contribution in [0.3, 0.4) is 0 Å². The Morgan fingerprint density at radius 2 is 2.19 bits per heavy atom. The minimum Gasteiger partial charge on any atom is -0.313 e. The summed E-state index contributed by atoms with van der Waals surface area (Å²) in [6, 6.07) is 7.10. The molecule has 0 saturated heterocycles. The molecule has 21 heavy (non-hydrogen) atoms. The summed E-state index contributed by atoms with van der Waals surface area (Å²) in [4.78, 5) is 0.299. The highest BCUT2D eigenvalue weighted by molar-refractivity contribution is 7.89. The molecule has 0 spiro atoms. The molecule has 0 aliphatic carbocycles. The second kappa shape index (κ2) is 6.38. The van der Waals surface area contributed by atoms with Crippen molar-refractivity contribution in [2.75, 3.05) is 14.1 Å². The fourth-order valence-corrected chi connectivity index (χ4v) is 3.21. The number of sulfonamides is 1. The van der Waals surface area contributed by atoms with E-state index in [9.17, 15) is 8.42 Å². The SMILES string of the molecule is CNC(C)c1cccc(S(=O)(=O)N(C)Cc2cn[nH]c2)c1. The number of nitrogens with one attached hydrogen (secondary N) is 2. The van der Waals surface area contributed by atoms with Gasteiger partial charge < -0.3 is 5.32 Å². The zero-order chi connectivity index (χ0) is 15.5. The topological polar surface area (TPSA) is 78.1 Å². The van der Waals surface area contributed by atoms with Crippen molar-refractivity contribution in [3.05, 3.63) is 47.8 Å². The normalized spacial score (nSPS) is 13.5. The molecule has 0 aliphatic heterocycles. The molecule has 0 radical (unpaired) electrons. The number of hydrogen-bond donors (Lipinski definition) is 2. The van der Waals surface area contributed by atoms with Crippen molar-refractivity contribution in [1.82, 2.24) is 19.8 Å². The van der Waals surface area contributed by atoms with E-state index < -0.39 is 10.0 Å². The highest BCUT2D eigenvalue weighted by Gasteiger charge is 2.21. The van der Waals surface area contributed by atoms with E-state index >= 15 is 0 Å². The largest absolute Gasteiger partial charge is 0.313 e. The number of H-pyrrole nitrogens is 1. The van der Waals surface area contributed by atoms with E-state index in [1.165, 1.54) is 4.31 Å². The summed E-state index contributed by atoms with van der Waals surface area (Å²) in [6.07, 6.45) is 3.30. The average Bonchev–Trinajstić information content (AvgIpc) is 2.99. The zero-order valence-electron chi connectivity index (χ0n) is 12.4. The van der Waals surface area contributed by atoms with Crippen molar-refractivity contribution in [2.45, 2.75) is 24.4 Å². The van der Waals surface area contributed by atoms with Crippen LogP contribution in [0.4, 0.5) is 0 Å². The van der Waals surface area contributed by atoms with Crippen LogP contribution >= 0.6 is 0 Å². The molecule has 114 valence electrons. The lowest BCUT2D eigenvalue weighted by molar-refractivity contribution is 0.466. The molecule has 0 aliphatic rings. The summed E-state index contributed by atoms with van der Waals surface area (Å²) >= 11 is 0. The molecule has 7 heteroatoms. The lowest BCUT2D eigenvalue weighted by Crippen LogP contribution is -2.26. The number of benzene rings is 1. The molecule has 1 heterocycles. The van der Waals surface area contributed by atoms with E-state index in [1.54, 1.807) is 37.6 Å². The summed E-state index contributed by atoms with van der Waals surface area (Å²) in [5.41, 5.74) is 1.76. The fraction of sp³-hybridized carbons (Fsp3) is 0.357. The van der Waals surface area contributed by atoms with E-state index in [0.29, 0.717) is 4.90 Å². The minimum atomic E-state index is -3.52. The third kappa shape index (κ3) is 3.49. The Morgan fingerprint density at radius 1 is 1.43 bits per heavy atom. The second-order valence-corrected chi connectivity index (χ2v) is 7.00. The maximum absolute atomic E-state index is 12.6. The van der Waals surface area contributed by atoms with Gasteiger partial charge in [-0.1, -0.05) is 12.1 Å². The molecule has 0 fully saturated rings. The first-order valence-electron chi connectivity index (χ1n) is 6.66. The molecule has 2 aromatic rings. The highest BCUT2D eigenvalue weighted by atomic mass is 32.2. The number of hydrogen-bond acceptors (Lipinski definition) is 4. The number of nitrogens with zero attached hydrogens (tertiary/aromatic N) is 2. The van der Waals surface area contributed by atoms with E-state index in [2.05, 4.69) is 15.5 Å². The molecule has 1 aromatic heterocycles. The van der Waals surface area contributed by atoms with Crippen LogP contribution in [0, 0.1) is 0 Å². The smallest absolute Gasteiger partial charge is 0.243 e. The molecular formula is C14H20N4O2S. The molecule has 0 amide bonds. The van der Waals surface area contributed by atoms with Gasteiger partial charge in [0.1, 0.15) is 0 Å². The Labute approximate surface area is 125 Å². The Balaban J connectivity index is 2.26. The Bertz CT molecular complexity index is 683. The third-order valence-electron chi connectivity index (χ3n) is 3.46. The van der Waals surface area contributed by atoms with Crippen LogP contribution in [0.5, 0.6) is 0 Å². The quantitative estimate of drug-likeness (QED) is 0.848. The van der Waals surface area contributed by atoms with Gasteiger partial charge in [-0.2, -0.15) is 9.40 Å². The van der Waals surface area contributed by atoms with Crippen LogP contribution in [-0.2, 0) is 16.6 Å². The van der Waals surface area contributed by atoms with Gasteiger partial charge in [-0.25, -0.2) is 8.42 Å². The molecule has 6 nitrogen and oxygen atoms in total. The molecule has 1 aromatic carbocycles. The van der Waals surface area contributed by atoms with Crippen LogP contribution in [0.25, 0.3) is 0 Å². The van der Waals surface area contributed by atoms with Gasteiger partial charge >= 0.3 is 0 Å². The van der Waals surface area contributed by atoms with Crippen molar-refractivity contribution in [3.8, 4) is 0 Å². The van der Waals surface area contributed by atoms with Gasteiger partial charge in [0.15, 0.2) is 0 Å². The first-order valence-corrected chi connectivity index (χ1v) is 8.10. The Hall–Kier alpha value is -1.70. The van der Waals surface area contributed by atoms with Crippen LogP contribution in [0.15, 0.2) is 41.6 Å². The standard InChI is InChI=1S/C14H20N4O2S/c1-11(15-2)13-5-4-6-14(7-13)21(19,20)18(3)10-12-8-16-17-9-12/h4-9,11,15H,10H2,1-3H3,(H,16,17). The van der Waals surface area contributed by atoms with Crippen molar-refractivity contribution in [3.63, 3.8) is 0 Å². The number of aromatic amines is 1. The van der Waals surface area contributed by atoms with Gasteiger partial charge in [-0.15, -0.1) is 0 Å². The van der Waals surface area contributed by atoms with E-state index in [-0.39, 0.29) is 12.6 Å². The summed E-state index contributed by atoms with van der Waals surface area (Å²) < 4.78 is 26.5. The first-order chi connectivity index (χ1) is 9.95. The second-order valence-electron chi connectivity index (χ2n) is 4.95. The van der Waals surface area contributed by atoms with Crippen molar-refractivity contribution in [2.24, 2.45) is 0 Å². The van der Waals surface area contributed by atoms with Crippen LogP contribution in [-0.4, -0.2) is 37.0 Å². The van der Waals surface area contributed by atoms with E-state index in [0.717, 1.165) is 11.1 Å². The maximum atomic E-state index is 12.6. The zero-order valence-corrected chi connectivity index (χ0v) is 13.2. The molecule has 1 atom stereocenters. The molecule has 0 saturated carbocycles. The van der Waals surface area contributed by atoms with Gasteiger partial charge in [0.25, 0.3) is 0 Å². The maximum Gasteiger partial charge on any atom is 0.243 e. The minimum absolute atomic E-state index is 0.0966. The van der Waals surface area contributed by atoms with Crippen molar-refractivity contribution < 1.29 is 8.42 Å². The van der Waals surface area contributed by atoms with Crippen LogP contribution in [0.1, 0.15) is 24.1 Å². The fourth-order valence-electron chi connectivity index (χ4n) is 2.00. The molecular weight excluding hydrogens is 288 g/mol. The predicted octanol–water partition coefficient (Wildman–Crippen LogP) is 1.51.